The Morgan fingerprint density at radius 1 is 1.40 bits per heavy atom. The van der Waals surface area contributed by atoms with Gasteiger partial charge < -0.3 is 0 Å². The van der Waals surface area contributed by atoms with Gasteiger partial charge in [-0.05, 0) is 18.9 Å². The van der Waals surface area contributed by atoms with Crippen molar-refractivity contribution in [3.63, 3.8) is 0 Å². The molecule has 0 aromatic carbocycles. The number of ketones is 1. The zero-order valence-electron chi connectivity index (χ0n) is 9.54. The molecule has 1 heterocycles. The SMILES string of the molecule is CC(=O)c1cc(Cl)cnc1[C@@H](C)C(C)C. The van der Waals surface area contributed by atoms with Crippen LogP contribution in [0.5, 0.6) is 0 Å². The highest BCUT2D eigenvalue weighted by molar-refractivity contribution is 6.30. The van der Waals surface area contributed by atoms with Gasteiger partial charge in [0.2, 0.25) is 0 Å². The molecule has 0 fully saturated rings. The molecule has 2 nitrogen and oxygen atoms in total. The largest absolute Gasteiger partial charge is 0.294 e. The van der Waals surface area contributed by atoms with Gasteiger partial charge in [-0.3, -0.25) is 9.78 Å². The lowest BCUT2D eigenvalue weighted by molar-refractivity contribution is 0.101. The van der Waals surface area contributed by atoms with E-state index in [1.165, 1.54) is 0 Å². The zero-order chi connectivity index (χ0) is 11.6. The van der Waals surface area contributed by atoms with E-state index in [2.05, 4.69) is 25.8 Å². The maximum Gasteiger partial charge on any atom is 0.161 e. The Morgan fingerprint density at radius 3 is 2.47 bits per heavy atom. The summed E-state index contributed by atoms with van der Waals surface area (Å²) in [6, 6.07) is 1.70. The summed E-state index contributed by atoms with van der Waals surface area (Å²) in [6.45, 7) is 7.85. The molecule has 0 spiro atoms. The van der Waals surface area contributed by atoms with E-state index in [-0.39, 0.29) is 11.7 Å². The van der Waals surface area contributed by atoms with Crippen molar-refractivity contribution in [2.45, 2.75) is 33.6 Å². The Morgan fingerprint density at radius 2 is 2.00 bits per heavy atom. The van der Waals surface area contributed by atoms with Gasteiger partial charge in [-0.25, -0.2) is 0 Å². The van der Waals surface area contributed by atoms with Crippen molar-refractivity contribution in [2.24, 2.45) is 5.92 Å². The number of rotatable bonds is 3. The molecular formula is C12H16ClNO. The first-order valence-electron chi connectivity index (χ1n) is 5.09. The molecule has 0 radical (unpaired) electrons. The molecule has 1 aromatic heterocycles. The highest BCUT2D eigenvalue weighted by atomic mass is 35.5. The lowest BCUT2D eigenvalue weighted by Crippen LogP contribution is -2.10. The van der Waals surface area contributed by atoms with Crippen LogP contribution in [0.4, 0.5) is 0 Å². The molecule has 1 atom stereocenters. The highest BCUT2D eigenvalue weighted by Crippen LogP contribution is 2.26. The first-order chi connectivity index (χ1) is 6.93. The van der Waals surface area contributed by atoms with Crippen molar-refractivity contribution in [1.29, 1.82) is 0 Å². The monoisotopic (exact) mass is 225 g/mol. The van der Waals surface area contributed by atoms with Gasteiger partial charge in [-0.1, -0.05) is 32.4 Å². The number of hydrogen-bond acceptors (Lipinski definition) is 2. The van der Waals surface area contributed by atoms with Crippen LogP contribution in [0, 0.1) is 5.92 Å². The fourth-order valence-electron chi connectivity index (χ4n) is 1.41. The molecule has 15 heavy (non-hydrogen) atoms. The van der Waals surface area contributed by atoms with Crippen molar-refractivity contribution in [3.8, 4) is 0 Å². The lowest BCUT2D eigenvalue weighted by Gasteiger charge is -2.17. The smallest absolute Gasteiger partial charge is 0.161 e. The van der Waals surface area contributed by atoms with Crippen LogP contribution in [-0.2, 0) is 0 Å². The Balaban J connectivity index is 3.22. The topological polar surface area (TPSA) is 30.0 Å². The molecule has 1 rings (SSSR count). The Kier molecular flexibility index (Phi) is 3.86. The molecule has 1 aromatic rings. The molecule has 3 heteroatoms. The second kappa shape index (κ2) is 4.75. The first-order valence-corrected chi connectivity index (χ1v) is 5.47. The number of carbonyl (C=O) groups is 1. The summed E-state index contributed by atoms with van der Waals surface area (Å²) >= 11 is 5.83. The highest BCUT2D eigenvalue weighted by Gasteiger charge is 2.18. The fraction of sp³-hybridized carbons (Fsp3) is 0.500. The van der Waals surface area contributed by atoms with E-state index >= 15 is 0 Å². The van der Waals surface area contributed by atoms with Crippen LogP contribution in [0.25, 0.3) is 0 Å². The van der Waals surface area contributed by atoms with Crippen LogP contribution in [0.1, 0.15) is 49.7 Å². The number of pyridine rings is 1. The van der Waals surface area contributed by atoms with E-state index in [0.717, 1.165) is 5.69 Å². The number of hydrogen-bond donors (Lipinski definition) is 0. The van der Waals surface area contributed by atoms with E-state index < -0.39 is 0 Å². The quantitative estimate of drug-likeness (QED) is 0.735. The summed E-state index contributed by atoms with van der Waals surface area (Å²) in [6.07, 6.45) is 1.60. The summed E-state index contributed by atoms with van der Waals surface area (Å²) in [5, 5.41) is 0.514. The van der Waals surface area contributed by atoms with Crippen molar-refractivity contribution in [3.05, 3.63) is 28.5 Å². The maximum atomic E-state index is 11.4. The van der Waals surface area contributed by atoms with Gasteiger partial charge in [-0.2, -0.15) is 0 Å². The second-order valence-electron chi connectivity index (χ2n) is 4.18. The number of Topliss-reactive ketones (excluding diaryl/α,β-unsaturated/α-hetero) is 1. The number of halogens is 1. The third kappa shape index (κ3) is 2.78. The average Bonchev–Trinajstić information content (AvgIpc) is 2.16. The number of carbonyl (C=O) groups excluding carboxylic acids is 1. The van der Waals surface area contributed by atoms with Crippen LogP contribution in [0.2, 0.25) is 5.02 Å². The summed E-state index contributed by atoms with van der Waals surface area (Å²) in [5.41, 5.74) is 1.49. The second-order valence-corrected chi connectivity index (χ2v) is 4.61. The maximum absolute atomic E-state index is 11.4. The van der Waals surface area contributed by atoms with E-state index in [1.54, 1.807) is 19.2 Å². The van der Waals surface area contributed by atoms with Crippen LogP contribution >= 0.6 is 11.6 Å². The molecule has 0 unspecified atom stereocenters. The molecule has 0 saturated carbocycles. The Bertz CT molecular complexity index is 374. The third-order valence-corrected chi connectivity index (χ3v) is 2.90. The Hall–Kier alpha value is -0.890. The van der Waals surface area contributed by atoms with Crippen LogP contribution in [0.3, 0.4) is 0 Å². The van der Waals surface area contributed by atoms with Crippen molar-refractivity contribution in [2.75, 3.05) is 0 Å². The third-order valence-electron chi connectivity index (χ3n) is 2.70. The standard InChI is InChI=1S/C12H16ClNO/c1-7(2)8(3)12-11(9(4)15)5-10(13)6-14-12/h5-8H,1-4H3/t8-/m0/s1. The van der Waals surface area contributed by atoms with Crippen molar-refractivity contribution < 1.29 is 4.79 Å². The van der Waals surface area contributed by atoms with Crippen molar-refractivity contribution >= 4 is 17.4 Å². The van der Waals surface area contributed by atoms with E-state index in [1.807, 2.05) is 0 Å². The molecule has 0 aliphatic carbocycles. The average molecular weight is 226 g/mol. The number of aromatic nitrogens is 1. The van der Waals surface area contributed by atoms with E-state index in [0.29, 0.717) is 16.5 Å². The van der Waals surface area contributed by atoms with Gasteiger partial charge in [0.05, 0.1) is 10.7 Å². The van der Waals surface area contributed by atoms with Gasteiger partial charge in [0, 0.05) is 17.7 Å². The van der Waals surface area contributed by atoms with E-state index in [4.69, 9.17) is 11.6 Å². The summed E-state index contributed by atoms with van der Waals surface area (Å²) in [4.78, 5) is 15.7. The summed E-state index contributed by atoms with van der Waals surface area (Å²) < 4.78 is 0. The molecule has 82 valence electrons. The summed E-state index contributed by atoms with van der Waals surface area (Å²) in [7, 11) is 0. The van der Waals surface area contributed by atoms with Crippen molar-refractivity contribution in [1.82, 2.24) is 4.98 Å². The van der Waals surface area contributed by atoms with Gasteiger partial charge in [0.25, 0.3) is 0 Å². The van der Waals surface area contributed by atoms with Gasteiger partial charge in [-0.15, -0.1) is 0 Å². The molecule has 0 bridgehead atoms. The predicted molar refractivity (Wildman–Crippen MR) is 62.5 cm³/mol. The lowest BCUT2D eigenvalue weighted by atomic mass is 9.90. The van der Waals surface area contributed by atoms with Crippen LogP contribution in [-0.4, -0.2) is 10.8 Å². The van der Waals surface area contributed by atoms with Crippen LogP contribution in [0.15, 0.2) is 12.3 Å². The first kappa shape index (κ1) is 12.2. The van der Waals surface area contributed by atoms with Gasteiger partial charge in [0.15, 0.2) is 5.78 Å². The molecule has 0 N–H and O–H groups in total. The number of nitrogens with zero attached hydrogens (tertiary/aromatic N) is 1. The minimum Gasteiger partial charge on any atom is -0.294 e. The molecule has 0 amide bonds. The molecule has 0 aliphatic rings. The minimum atomic E-state index is 0.0208. The Labute approximate surface area is 95.7 Å². The zero-order valence-corrected chi connectivity index (χ0v) is 10.3. The van der Waals surface area contributed by atoms with Gasteiger partial charge >= 0.3 is 0 Å². The normalized spacial score (nSPS) is 12.9. The van der Waals surface area contributed by atoms with Gasteiger partial charge in [0.1, 0.15) is 0 Å². The van der Waals surface area contributed by atoms with Crippen LogP contribution < -0.4 is 0 Å². The molecular weight excluding hydrogens is 210 g/mol. The fourth-order valence-corrected chi connectivity index (χ4v) is 1.57. The molecule has 0 aliphatic heterocycles. The minimum absolute atomic E-state index is 0.0208. The van der Waals surface area contributed by atoms with E-state index in [9.17, 15) is 4.79 Å². The molecule has 0 saturated heterocycles. The summed E-state index contributed by atoms with van der Waals surface area (Å²) in [5.74, 6) is 0.741. The predicted octanol–water partition coefficient (Wildman–Crippen LogP) is 3.70.